The number of piperidine rings is 1. The number of rotatable bonds is 5. The third kappa shape index (κ3) is 4.21. The van der Waals surface area contributed by atoms with Crippen molar-refractivity contribution in [1.82, 2.24) is 15.3 Å². The number of anilines is 1. The molecule has 2 aliphatic heterocycles. The first kappa shape index (κ1) is 18.2. The molecule has 2 saturated heterocycles. The summed E-state index contributed by atoms with van der Waals surface area (Å²) in [5.74, 6) is 1.39. The van der Waals surface area contributed by atoms with Crippen LogP contribution >= 0.6 is 0 Å². The highest BCUT2D eigenvalue weighted by atomic mass is 16.5. The summed E-state index contributed by atoms with van der Waals surface area (Å²) in [6, 6.07) is 10.5. The van der Waals surface area contributed by atoms with Gasteiger partial charge in [-0.15, -0.1) is 0 Å². The van der Waals surface area contributed by atoms with E-state index in [0.29, 0.717) is 36.0 Å². The van der Waals surface area contributed by atoms with Gasteiger partial charge in [-0.2, -0.15) is 10.2 Å². The molecule has 0 bridgehead atoms. The van der Waals surface area contributed by atoms with E-state index >= 15 is 0 Å². The molecule has 0 radical (unpaired) electrons. The Bertz CT molecular complexity index is 891. The van der Waals surface area contributed by atoms with Gasteiger partial charge in [0.1, 0.15) is 5.75 Å². The first-order valence-corrected chi connectivity index (χ1v) is 9.40. The number of aromatic nitrogens is 2. The topological polar surface area (TPSA) is 109 Å². The summed E-state index contributed by atoms with van der Waals surface area (Å²) in [6.07, 6.45) is 4.71. The van der Waals surface area contributed by atoms with Gasteiger partial charge in [0.25, 0.3) is 0 Å². The van der Waals surface area contributed by atoms with Gasteiger partial charge in [0, 0.05) is 25.3 Å². The Morgan fingerprint density at radius 1 is 1.32 bits per heavy atom. The van der Waals surface area contributed by atoms with Gasteiger partial charge in [-0.25, -0.2) is 4.98 Å². The van der Waals surface area contributed by atoms with Gasteiger partial charge in [-0.05, 0) is 37.5 Å². The Hall–Kier alpha value is -3.18. The molecule has 3 atom stereocenters. The van der Waals surface area contributed by atoms with E-state index in [1.165, 1.54) is 0 Å². The number of ether oxygens (including phenoxy) is 2. The van der Waals surface area contributed by atoms with Crippen LogP contribution in [0.5, 0.6) is 11.6 Å². The van der Waals surface area contributed by atoms with Crippen molar-refractivity contribution in [2.24, 2.45) is 0 Å². The van der Waals surface area contributed by atoms with Crippen molar-refractivity contribution >= 4 is 11.9 Å². The van der Waals surface area contributed by atoms with Gasteiger partial charge in [0.2, 0.25) is 17.7 Å². The summed E-state index contributed by atoms with van der Waals surface area (Å²) in [5.41, 5.74) is 0.516. The first-order valence-electron chi connectivity index (χ1n) is 9.40. The zero-order valence-electron chi connectivity index (χ0n) is 15.3. The molecule has 0 spiro atoms. The average molecular weight is 379 g/mol. The summed E-state index contributed by atoms with van der Waals surface area (Å²) < 4.78 is 11.5. The fraction of sp³-hybridized carbons (Fsp3) is 0.400. The molecule has 2 aliphatic rings. The molecule has 0 saturated carbocycles. The molecule has 8 nitrogen and oxygen atoms in total. The SMILES string of the molecule is N#Cc1cccc(Oc2ccnc(NC3CCC(=O)NC3C3CCCO3)n2)c1. The Morgan fingerprint density at radius 2 is 2.25 bits per heavy atom. The van der Waals surface area contributed by atoms with Crippen molar-refractivity contribution < 1.29 is 14.3 Å². The Kier molecular flexibility index (Phi) is 5.35. The number of hydrogen-bond donors (Lipinski definition) is 2. The molecule has 0 aliphatic carbocycles. The van der Waals surface area contributed by atoms with Crippen LogP contribution in [0.3, 0.4) is 0 Å². The lowest BCUT2D eigenvalue weighted by Crippen LogP contribution is -2.57. The smallest absolute Gasteiger partial charge is 0.226 e. The fourth-order valence-corrected chi connectivity index (χ4v) is 3.61. The number of nitriles is 1. The van der Waals surface area contributed by atoms with Crippen molar-refractivity contribution in [3.63, 3.8) is 0 Å². The monoisotopic (exact) mass is 379 g/mol. The van der Waals surface area contributed by atoms with E-state index in [9.17, 15) is 4.79 Å². The van der Waals surface area contributed by atoms with Crippen LogP contribution in [-0.4, -0.2) is 40.7 Å². The van der Waals surface area contributed by atoms with Crippen LogP contribution in [0.1, 0.15) is 31.2 Å². The van der Waals surface area contributed by atoms with Crippen LogP contribution in [0.15, 0.2) is 36.5 Å². The quantitative estimate of drug-likeness (QED) is 0.821. The molecule has 1 aromatic carbocycles. The van der Waals surface area contributed by atoms with Crippen molar-refractivity contribution in [1.29, 1.82) is 5.26 Å². The maximum absolute atomic E-state index is 11.9. The van der Waals surface area contributed by atoms with Crippen LogP contribution in [0.25, 0.3) is 0 Å². The minimum absolute atomic E-state index is 0.00917. The number of carbonyl (C=O) groups is 1. The molecule has 2 fully saturated rings. The highest BCUT2D eigenvalue weighted by Crippen LogP contribution is 2.25. The van der Waals surface area contributed by atoms with E-state index in [1.807, 2.05) is 0 Å². The molecule has 1 amide bonds. The predicted molar refractivity (Wildman–Crippen MR) is 101 cm³/mol. The molecule has 1 aromatic heterocycles. The zero-order chi connectivity index (χ0) is 19.3. The van der Waals surface area contributed by atoms with Gasteiger partial charge in [0.15, 0.2) is 0 Å². The maximum Gasteiger partial charge on any atom is 0.226 e. The summed E-state index contributed by atoms with van der Waals surface area (Å²) in [4.78, 5) is 20.6. The third-order valence-electron chi connectivity index (χ3n) is 4.94. The van der Waals surface area contributed by atoms with E-state index in [2.05, 4.69) is 26.7 Å². The van der Waals surface area contributed by atoms with Gasteiger partial charge in [0.05, 0.1) is 29.8 Å². The minimum atomic E-state index is -0.107. The Balaban J connectivity index is 1.47. The Morgan fingerprint density at radius 3 is 3.07 bits per heavy atom. The lowest BCUT2D eigenvalue weighted by molar-refractivity contribution is -0.124. The summed E-state index contributed by atoms with van der Waals surface area (Å²) in [6.45, 7) is 0.728. The second kappa shape index (κ2) is 8.23. The standard InChI is InChI=1S/C20H21N5O3/c21-12-13-3-1-4-14(11-13)28-18-8-9-22-20(25-18)23-15-6-7-17(26)24-19(15)16-5-2-10-27-16/h1,3-4,8-9,11,15-16,19H,2,5-7,10H2,(H,24,26)(H,22,23,25). The third-order valence-corrected chi connectivity index (χ3v) is 4.94. The number of hydrogen-bond acceptors (Lipinski definition) is 7. The van der Waals surface area contributed by atoms with Crippen LogP contribution in [0, 0.1) is 11.3 Å². The molecule has 3 unspecified atom stereocenters. The second-order valence-corrected chi connectivity index (χ2v) is 6.89. The van der Waals surface area contributed by atoms with E-state index in [4.69, 9.17) is 14.7 Å². The molecule has 4 rings (SSSR count). The van der Waals surface area contributed by atoms with E-state index < -0.39 is 0 Å². The predicted octanol–water partition coefficient (Wildman–Crippen LogP) is 2.38. The molecule has 8 heteroatoms. The van der Waals surface area contributed by atoms with Crippen LogP contribution in [0.2, 0.25) is 0 Å². The van der Waals surface area contributed by atoms with Gasteiger partial charge in [-0.1, -0.05) is 6.07 Å². The highest BCUT2D eigenvalue weighted by Gasteiger charge is 2.37. The number of carbonyl (C=O) groups excluding carboxylic acids is 1. The van der Waals surface area contributed by atoms with Gasteiger partial charge < -0.3 is 20.1 Å². The Labute approximate surface area is 162 Å². The number of nitrogens with zero attached hydrogens (tertiary/aromatic N) is 3. The highest BCUT2D eigenvalue weighted by molar-refractivity contribution is 5.77. The molecule has 2 N–H and O–H groups in total. The fourth-order valence-electron chi connectivity index (χ4n) is 3.61. The lowest BCUT2D eigenvalue weighted by atomic mass is 9.92. The maximum atomic E-state index is 11.9. The van der Waals surface area contributed by atoms with Gasteiger partial charge >= 0.3 is 0 Å². The summed E-state index contributed by atoms with van der Waals surface area (Å²) in [5, 5.41) is 15.4. The molecular formula is C20H21N5O3. The van der Waals surface area contributed by atoms with Crippen LogP contribution in [-0.2, 0) is 9.53 Å². The minimum Gasteiger partial charge on any atom is -0.439 e. The second-order valence-electron chi connectivity index (χ2n) is 6.89. The largest absolute Gasteiger partial charge is 0.439 e. The number of nitrogens with one attached hydrogen (secondary N) is 2. The van der Waals surface area contributed by atoms with Crippen LogP contribution in [0.4, 0.5) is 5.95 Å². The number of benzene rings is 1. The molecular weight excluding hydrogens is 358 g/mol. The van der Waals surface area contributed by atoms with Gasteiger partial charge in [-0.3, -0.25) is 4.79 Å². The molecule has 2 aromatic rings. The normalized spacial score (nSPS) is 24.2. The van der Waals surface area contributed by atoms with Crippen LogP contribution < -0.4 is 15.4 Å². The average Bonchev–Trinajstić information content (AvgIpc) is 3.24. The van der Waals surface area contributed by atoms with E-state index in [1.54, 1.807) is 36.5 Å². The first-order chi connectivity index (χ1) is 13.7. The van der Waals surface area contributed by atoms with Crippen molar-refractivity contribution in [2.75, 3.05) is 11.9 Å². The number of amides is 1. The molecule has 144 valence electrons. The summed E-state index contributed by atoms with van der Waals surface area (Å²) >= 11 is 0. The summed E-state index contributed by atoms with van der Waals surface area (Å²) in [7, 11) is 0. The van der Waals surface area contributed by atoms with E-state index in [0.717, 1.165) is 19.4 Å². The van der Waals surface area contributed by atoms with E-state index in [-0.39, 0.29) is 24.1 Å². The van der Waals surface area contributed by atoms with Crippen molar-refractivity contribution in [3.05, 3.63) is 42.1 Å². The zero-order valence-corrected chi connectivity index (χ0v) is 15.3. The molecule has 3 heterocycles. The molecule has 28 heavy (non-hydrogen) atoms. The van der Waals surface area contributed by atoms with Crippen molar-refractivity contribution in [3.8, 4) is 17.7 Å². The van der Waals surface area contributed by atoms with Crippen molar-refractivity contribution in [2.45, 2.75) is 43.9 Å². The lowest BCUT2D eigenvalue weighted by Gasteiger charge is -2.36.